The van der Waals surface area contributed by atoms with Crippen LogP contribution < -0.4 is 19.1 Å². The van der Waals surface area contributed by atoms with Crippen LogP contribution in [0.1, 0.15) is 31.2 Å². The van der Waals surface area contributed by atoms with Crippen molar-refractivity contribution in [3.8, 4) is 11.5 Å². The Balaban J connectivity index is 1.63. The molecular formula is C27H28ClN3O7S. The normalized spacial score (nSPS) is 13.6. The van der Waals surface area contributed by atoms with Crippen LogP contribution in [0.4, 0.5) is 17.1 Å². The van der Waals surface area contributed by atoms with Crippen molar-refractivity contribution in [2.75, 3.05) is 23.3 Å². The third kappa shape index (κ3) is 6.61. The molecule has 0 radical (unpaired) electrons. The lowest BCUT2D eigenvalue weighted by Crippen LogP contribution is -2.38. The SMILES string of the molecule is COc1ccc(Cl)cc1N(CC(=O)Nc1ccc(OC2CCCC2)cc1)S(=O)(=O)c1ccc(C)c([N+](=O)[O-])c1. The lowest BCUT2D eigenvalue weighted by Gasteiger charge is -2.26. The van der Waals surface area contributed by atoms with E-state index in [4.69, 9.17) is 21.1 Å². The molecule has 0 aromatic heterocycles. The van der Waals surface area contributed by atoms with Crippen LogP contribution >= 0.6 is 11.6 Å². The van der Waals surface area contributed by atoms with Gasteiger partial charge >= 0.3 is 0 Å². The standard InChI is InChI=1S/C27H28ClN3O7S/c1-18-7-13-23(16-24(18)31(33)34)39(35,36)30(25-15-19(28)8-14-26(25)37-2)17-27(32)29-20-9-11-22(12-10-20)38-21-5-3-4-6-21/h7-16,21H,3-6,17H2,1-2H3,(H,29,32). The number of nitrogens with zero attached hydrogens (tertiary/aromatic N) is 2. The zero-order valence-corrected chi connectivity index (χ0v) is 23.0. The van der Waals surface area contributed by atoms with Crippen molar-refractivity contribution in [1.29, 1.82) is 0 Å². The van der Waals surface area contributed by atoms with E-state index < -0.39 is 27.4 Å². The molecule has 0 saturated heterocycles. The molecule has 12 heteroatoms. The summed E-state index contributed by atoms with van der Waals surface area (Å²) in [6.07, 6.45) is 4.51. The molecular weight excluding hydrogens is 546 g/mol. The average molecular weight is 574 g/mol. The molecule has 206 valence electrons. The lowest BCUT2D eigenvalue weighted by molar-refractivity contribution is -0.385. The molecule has 1 aliphatic rings. The Hall–Kier alpha value is -3.83. The topological polar surface area (TPSA) is 128 Å². The minimum Gasteiger partial charge on any atom is -0.495 e. The van der Waals surface area contributed by atoms with Gasteiger partial charge in [0.05, 0.1) is 28.7 Å². The average Bonchev–Trinajstić information content (AvgIpc) is 3.41. The van der Waals surface area contributed by atoms with Crippen LogP contribution in [-0.4, -0.2) is 39.0 Å². The molecule has 1 fully saturated rings. The van der Waals surface area contributed by atoms with Gasteiger partial charge in [0.2, 0.25) is 5.91 Å². The van der Waals surface area contributed by atoms with E-state index in [1.807, 2.05) is 0 Å². The fourth-order valence-corrected chi connectivity index (χ4v) is 5.99. The predicted molar refractivity (Wildman–Crippen MR) is 148 cm³/mol. The van der Waals surface area contributed by atoms with Gasteiger partial charge in [-0.05, 0) is 81.1 Å². The van der Waals surface area contributed by atoms with Crippen LogP contribution in [0.2, 0.25) is 5.02 Å². The molecule has 39 heavy (non-hydrogen) atoms. The summed E-state index contributed by atoms with van der Waals surface area (Å²) in [7, 11) is -3.12. The summed E-state index contributed by atoms with van der Waals surface area (Å²) in [5.74, 6) is 0.186. The van der Waals surface area contributed by atoms with Gasteiger partial charge in [0.1, 0.15) is 18.0 Å². The summed E-state index contributed by atoms with van der Waals surface area (Å²) in [6.45, 7) is 0.852. The highest BCUT2D eigenvalue weighted by molar-refractivity contribution is 7.92. The van der Waals surface area contributed by atoms with Crippen molar-refractivity contribution in [2.24, 2.45) is 0 Å². The number of carbonyl (C=O) groups is 1. The van der Waals surface area contributed by atoms with E-state index in [-0.39, 0.29) is 33.1 Å². The second-order valence-corrected chi connectivity index (χ2v) is 11.4. The van der Waals surface area contributed by atoms with Crippen molar-refractivity contribution >= 4 is 44.6 Å². The number of nitro benzene ring substituents is 1. The molecule has 0 unspecified atom stereocenters. The Morgan fingerprint density at radius 2 is 1.79 bits per heavy atom. The zero-order chi connectivity index (χ0) is 28.2. The van der Waals surface area contributed by atoms with Gasteiger partial charge in [-0.1, -0.05) is 17.7 Å². The molecule has 0 aliphatic heterocycles. The van der Waals surface area contributed by atoms with Gasteiger partial charge in [0.15, 0.2) is 0 Å². The molecule has 1 saturated carbocycles. The van der Waals surface area contributed by atoms with Crippen molar-refractivity contribution in [3.05, 3.63) is 81.4 Å². The Kier molecular flexibility index (Phi) is 8.61. The molecule has 4 rings (SSSR count). The summed E-state index contributed by atoms with van der Waals surface area (Å²) in [5.41, 5.74) is 0.381. The second kappa shape index (κ2) is 11.9. The first-order valence-electron chi connectivity index (χ1n) is 12.3. The van der Waals surface area contributed by atoms with Crippen molar-refractivity contribution < 1.29 is 27.6 Å². The Labute approximate surface area is 231 Å². The minimum absolute atomic E-state index is 0.00342. The van der Waals surface area contributed by atoms with E-state index in [0.29, 0.717) is 17.0 Å². The maximum atomic E-state index is 13.8. The second-order valence-electron chi connectivity index (χ2n) is 9.13. The number of rotatable bonds is 10. The Bertz CT molecular complexity index is 1470. The smallest absolute Gasteiger partial charge is 0.273 e. The largest absolute Gasteiger partial charge is 0.495 e. The van der Waals surface area contributed by atoms with Crippen LogP contribution in [0, 0.1) is 17.0 Å². The molecule has 0 atom stereocenters. The van der Waals surface area contributed by atoms with Gasteiger partial charge < -0.3 is 14.8 Å². The summed E-state index contributed by atoms with van der Waals surface area (Å²) in [4.78, 5) is 23.6. The first-order chi connectivity index (χ1) is 18.6. The fraction of sp³-hybridized carbons (Fsp3) is 0.296. The highest BCUT2D eigenvalue weighted by atomic mass is 35.5. The van der Waals surface area contributed by atoms with Gasteiger partial charge in [-0.2, -0.15) is 0 Å². The van der Waals surface area contributed by atoms with Gasteiger partial charge in [0.25, 0.3) is 15.7 Å². The van der Waals surface area contributed by atoms with Gasteiger partial charge in [-0.25, -0.2) is 8.42 Å². The fourth-order valence-electron chi connectivity index (χ4n) is 4.38. The number of hydrogen-bond donors (Lipinski definition) is 1. The van der Waals surface area contributed by atoms with Crippen LogP contribution in [0.15, 0.2) is 65.6 Å². The number of amides is 1. The third-order valence-corrected chi connectivity index (χ3v) is 8.40. The van der Waals surface area contributed by atoms with Gasteiger partial charge in [-0.15, -0.1) is 0 Å². The molecule has 3 aromatic carbocycles. The number of nitrogens with one attached hydrogen (secondary N) is 1. The number of halogens is 1. The maximum Gasteiger partial charge on any atom is 0.273 e. The molecule has 0 heterocycles. The summed E-state index contributed by atoms with van der Waals surface area (Å²) in [6, 6.07) is 14.7. The highest BCUT2D eigenvalue weighted by Crippen LogP contribution is 2.36. The number of sulfonamides is 1. The van der Waals surface area contributed by atoms with Crippen LogP contribution in [-0.2, 0) is 14.8 Å². The maximum absolute atomic E-state index is 13.8. The van der Waals surface area contributed by atoms with E-state index in [2.05, 4.69) is 5.32 Å². The number of benzene rings is 3. The molecule has 10 nitrogen and oxygen atoms in total. The van der Waals surface area contributed by atoms with Gasteiger partial charge in [-0.3, -0.25) is 19.2 Å². The number of nitro groups is 1. The monoisotopic (exact) mass is 573 g/mol. The minimum atomic E-state index is -4.47. The molecule has 3 aromatic rings. The molecule has 0 bridgehead atoms. The number of ether oxygens (including phenoxy) is 2. The van der Waals surface area contributed by atoms with E-state index >= 15 is 0 Å². The number of aryl methyl sites for hydroxylation is 1. The Morgan fingerprint density at radius 1 is 1.10 bits per heavy atom. The van der Waals surface area contributed by atoms with E-state index in [0.717, 1.165) is 36.1 Å². The number of carbonyl (C=O) groups excluding carboxylic acids is 1. The number of methoxy groups -OCH3 is 1. The molecule has 1 N–H and O–H groups in total. The van der Waals surface area contributed by atoms with Crippen LogP contribution in [0.3, 0.4) is 0 Å². The molecule has 0 spiro atoms. The van der Waals surface area contributed by atoms with Gasteiger partial charge in [0, 0.05) is 22.3 Å². The first kappa shape index (κ1) is 28.2. The van der Waals surface area contributed by atoms with Crippen LogP contribution in [0.5, 0.6) is 11.5 Å². The third-order valence-electron chi connectivity index (χ3n) is 6.41. The van der Waals surface area contributed by atoms with Crippen LogP contribution in [0.25, 0.3) is 0 Å². The zero-order valence-electron chi connectivity index (χ0n) is 21.4. The number of anilines is 2. The summed E-state index contributed by atoms with van der Waals surface area (Å²) in [5, 5.41) is 14.4. The number of hydrogen-bond acceptors (Lipinski definition) is 7. The van der Waals surface area contributed by atoms with E-state index in [1.54, 1.807) is 24.3 Å². The van der Waals surface area contributed by atoms with Crippen molar-refractivity contribution in [2.45, 2.75) is 43.6 Å². The van der Waals surface area contributed by atoms with Crippen molar-refractivity contribution in [3.63, 3.8) is 0 Å². The van der Waals surface area contributed by atoms with E-state index in [1.165, 1.54) is 44.4 Å². The first-order valence-corrected chi connectivity index (χ1v) is 14.1. The lowest BCUT2D eigenvalue weighted by atomic mass is 10.2. The molecule has 1 aliphatic carbocycles. The Morgan fingerprint density at radius 3 is 2.44 bits per heavy atom. The predicted octanol–water partition coefficient (Wildman–Crippen LogP) is 5.72. The van der Waals surface area contributed by atoms with Crippen molar-refractivity contribution in [1.82, 2.24) is 0 Å². The molecule has 1 amide bonds. The summed E-state index contributed by atoms with van der Waals surface area (Å²) >= 11 is 6.16. The quantitative estimate of drug-likeness (QED) is 0.242. The highest BCUT2D eigenvalue weighted by Gasteiger charge is 2.31. The summed E-state index contributed by atoms with van der Waals surface area (Å²) < 4.78 is 39.7. The van der Waals surface area contributed by atoms with E-state index in [9.17, 15) is 23.3 Å².